The Morgan fingerprint density at radius 3 is 2.04 bits per heavy atom. The number of carbonyl (C=O) groups excluding carboxylic acids is 2. The molecule has 2 amide bonds. The highest BCUT2D eigenvalue weighted by Crippen LogP contribution is 2.23. The van der Waals surface area contributed by atoms with E-state index in [2.05, 4.69) is 27.6 Å². The van der Waals surface area contributed by atoms with Crippen LogP contribution in [0.4, 0.5) is 15.3 Å². The van der Waals surface area contributed by atoms with Crippen molar-refractivity contribution in [3.63, 3.8) is 0 Å². The van der Waals surface area contributed by atoms with Gasteiger partial charge >= 0.3 is 12.2 Å². The van der Waals surface area contributed by atoms with Crippen molar-refractivity contribution in [3.05, 3.63) is 28.2 Å². The van der Waals surface area contributed by atoms with Crippen LogP contribution in [-0.4, -0.2) is 32.8 Å². The van der Waals surface area contributed by atoms with Gasteiger partial charge < -0.3 is 9.47 Å². The van der Waals surface area contributed by atoms with Gasteiger partial charge in [-0.25, -0.2) is 14.6 Å². The lowest BCUT2D eigenvalue weighted by molar-refractivity contribution is 0.0430. The molecule has 2 heterocycles. The first-order valence-corrected chi connectivity index (χ1v) is 8.84. The fourth-order valence-electron chi connectivity index (χ4n) is 1.97. The number of hydrogen-bond acceptors (Lipinski definition) is 5. The molecular weight excluding hydrogens is 437 g/mol. The normalized spacial score (nSPS) is 12.1. The number of pyridine rings is 1. The molecule has 0 fully saturated rings. The van der Waals surface area contributed by atoms with E-state index in [0.29, 0.717) is 11.3 Å². The molecule has 0 aliphatic carbocycles. The first-order chi connectivity index (χ1) is 11.4. The standard InChI is InChI=1S/C17H22IN3O4/c1-16(2,3)24-14(22)21(15(23)25-17(4,5)6)11-7-8-13-19-9-12(18)20(13)10-11/h7-10H,1-6H3. The number of rotatable bonds is 1. The molecule has 0 aliphatic rings. The zero-order valence-corrected chi connectivity index (χ0v) is 17.3. The number of amides is 2. The van der Waals surface area contributed by atoms with Crippen molar-refractivity contribution in [2.24, 2.45) is 0 Å². The van der Waals surface area contributed by atoms with Crippen molar-refractivity contribution < 1.29 is 19.1 Å². The first kappa shape index (κ1) is 19.5. The average molecular weight is 459 g/mol. The molecule has 0 spiro atoms. The Morgan fingerprint density at radius 1 is 1.04 bits per heavy atom. The fraction of sp³-hybridized carbons (Fsp3) is 0.471. The summed E-state index contributed by atoms with van der Waals surface area (Å²) in [5.74, 6) is 0. The summed E-state index contributed by atoms with van der Waals surface area (Å²) in [7, 11) is 0. The van der Waals surface area contributed by atoms with Gasteiger partial charge in [-0.15, -0.1) is 0 Å². The minimum absolute atomic E-state index is 0.340. The zero-order chi connectivity index (χ0) is 19.0. The van der Waals surface area contributed by atoms with Crippen molar-refractivity contribution in [1.29, 1.82) is 0 Å². The number of nitrogens with zero attached hydrogens (tertiary/aromatic N) is 3. The van der Waals surface area contributed by atoms with Crippen molar-refractivity contribution in [1.82, 2.24) is 9.38 Å². The van der Waals surface area contributed by atoms with Crippen molar-refractivity contribution >= 4 is 46.1 Å². The average Bonchev–Trinajstić information content (AvgIpc) is 2.76. The third kappa shape index (κ3) is 5.07. The maximum Gasteiger partial charge on any atom is 0.424 e. The molecule has 0 aliphatic heterocycles. The number of imide groups is 1. The Labute approximate surface area is 160 Å². The molecule has 2 aromatic heterocycles. The van der Waals surface area contributed by atoms with E-state index in [9.17, 15) is 9.59 Å². The summed E-state index contributed by atoms with van der Waals surface area (Å²) < 4.78 is 13.4. The molecule has 0 bridgehead atoms. The molecular formula is C17H22IN3O4. The Kier molecular flexibility index (Phi) is 5.31. The van der Waals surface area contributed by atoms with E-state index in [1.165, 1.54) is 0 Å². The predicted octanol–water partition coefficient (Wildman–Crippen LogP) is 4.62. The summed E-state index contributed by atoms with van der Waals surface area (Å²) in [5, 5.41) is 0. The number of carbonyl (C=O) groups is 2. The molecule has 7 nitrogen and oxygen atoms in total. The van der Waals surface area contributed by atoms with Gasteiger partial charge in [0.05, 0.1) is 11.9 Å². The SMILES string of the molecule is CC(C)(C)OC(=O)N(C(=O)OC(C)(C)C)c1ccc2ncc(I)n2c1. The van der Waals surface area contributed by atoms with Gasteiger partial charge in [0, 0.05) is 6.20 Å². The van der Waals surface area contributed by atoms with Crippen LogP contribution in [0.5, 0.6) is 0 Å². The van der Waals surface area contributed by atoms with Gasteiger partial charge in [-0.05, 0) is 76.3 Å². The summed E-state index contributed by atoms with van der Waals surface area (Å²) in [6.45, 7) is 10.4. The van der Waals surface area contributed by atoms with Crippen LogP contribution in [-0.2, 0) is 9.47 Å². The van der Waals surface area contributed by atoms with E-state index in [0.717, 1.165) is 8.60 Å². The Balaban J connectivity index is 2.46. The number of ether oxygens (including phenoxy) is 2. The van der Waals surface area contributed by atoms with E-state index >= 15 is 0 Å². The van der Waals surface area contributed by atoms with Gasteiger partial charge in [0.1, 0.15) is 20.5 Å². The van der Waals surface area contributed by atoms with Crippen LogP contribution >= 0.6 is 22.6 Å². The zero-order valence-electron chi connectivity index (χ0n) is 15.2. The Hall–Kier alpha value is -1.84. The fourth-order valence-corrected chi connectivity index (χ4v) is 2.50. The van der Waals surface area contributed by atoms with E-state index in [1.807, 2.05) is 0 Å². The molecule has 0 aromatic carbocycles. The molecule has 0 saturated carbocycles. The minimum atomic E-state index is -0.795. The number of aromatic nitrogens is 2. The highest BCUT2D eigenvalue weighted by atomic mass is 127. The minimum Gasteiger partial charge on any atom is -0.443 e. The maximum absolute atomic E-state index is 12.6. The lowest BCUT2D eigenvalue weighted by atomic mass is 10.2. The third-order valence-corrected chi connectivity index (χ3v) is 3.65. The molecule has 0 radical (unpaired) electrons. The van der Waals surface area contributed by atoms with Crippen LogP contribution in [0.25, 0.3) is 5.65 Å². The van der Waals surface area contributed by atoms with E-state index < -0.39 is 23.4 Å². The molecule has 0 unspecified atom stereocenters. The topological polar surface area (TPSA) is 73.1 Å². The van der Waals surface area contributed by atoms with Gasteiger partial charge in [0.2, 0.25) is 0 Å². The number of fused-ring (bicyclic) bond motifs is 1. The second kappa shape index (κ2) is 6.81. The summed E-state index contributed by atoms with van der Waals surface area (Å²) in [6.07, 6.45) is 1.76. The number of anilines is 1. The highest BCUT2D eigenvalue weighted by molar-refractivity contribution is 14.1. The second-order valence-corrected chi connectivity index (χ2v) is 8.60. The largest absolute Gasteiger partial charge is 0.443 e. The van der Waals surface area contributed by atoms with E-state index in [-0.39, 0.29) is 0 Å². The summed E-state index contributed by atoms with van der Waals surface area (Å²) >= 11 is 2.12. The van der Waals surface area contributed by atoms with Crippen LogP contribution in [0.3, 0.4) is 0 Å². The summed E-state index contributed by atoms with van der Waals surface area (Å²) in [4.78, 5) is 30.4. The van der Waals surface area contributed by atoms with Crippen molar-refractivity contribution in [2.75, 3.05) is 4.90 Å². The van der Waals surface area contributed by atoms with Crippen LogP contribution in [0, 0.1) is 3.70 Å². The van der Waals surface area contributed by atoms with Gasteiger partial charge in [-0.3, -0.25) is 4.40 Å². The molecule has 8 heteroatoms. The van der Waals surface area contributed by atoms with Gasteiger partial charge in [-0.2, -0.15) is 4.90 Å². The quantitative estimate of drug-likeness (QED) is 0.583. The number of hydrogen-bond donors (Lipinski definition) is 0. The lowest BCUT2D eigenvalue weighted by Gasteiger charge is -2.28. The van der Waals surface area contributed by atoms with Crippen LogP contribution < -0.4 is 4.90 Å². The van der Waals surface area contributed by atoms with Crippen LogP contribution in [0.2, 0.25) is 0 Å². The predicted molar refractivity (Wildman–Crippen MR) is 103 cm³/mol. The summed E-state index contributed by atoms with van der Waals surface area (Å²) in [5.41, 5.74) is -0.441. The molecule has 0 N–H and O–H groups in total. The molecule has 2 aromatic rings. The second-order valence-electron chi connectivity index (χ2n) is 7.49. The maximum atomic E-state index is 12.6. The monoisotopic (exact) mass is 459 g/mol. The van der Waals surface area contributed by atoms with Gasteiger partial charge in [0.15, 0.2) is 0 Å². The molecule has 2 rings (SSSR count). The van der Waals surface area contributed by atoms with Crippen molar-refractivity contribution in [2.45, 2.75) is 52.7 Å². The smallest absolute Gasteiger partial charge is 0.424 e. The number of imidazole rings is 1. The lowest BCUT2D eigenvalue weighted by Crippen LogP contribution is -2.43. The number of halogens is 1. The Morgan fingerprint density at radius 2 is 1.56 bits per heavy atom. The highest BCUT2D eigenvalue weighted by Gasteiger charge is 2.32. The first-order valence-electron chi connectivity index (χ1n) is 7.76. The van der Waals surface area contributed by atoms with E-state index in [4.69, 9.17) is 9.47 Å². The Bertz CT molecular complexity index is 774. The van der Waals surface area contributed by atoms with E-state index in [1.54, 1.807) is 70.5 Å². The van der Waals surface area contributed by atoms with Gasteiger partial charge in [-0.1, -0.05) is 0 Å². The molecule has 0 atom stereocenters. The molecule has 136 valence electrons. The van der Waals surface area contributed by atoms with Crippen molar-refractivity contribution in [3.8, 4) is 0 Å². The molecule has 25 heavy (non-hydrogen) atoms. The molecule has 0 saturated heterocycles. The van der Waals surface area contributed by atoms with Gasteiger partial charge in [0.25, 0.3) is 0 Å². The van der Waals surface area contributed by atoms with Crippen LogP contribution in [0.1, 0.15) is 41.5 Å². The summed E-state index contributed by atoms with van der Waals surface area (Å²) in [6, 6.07) is 3.35. The third-order valence-electron chi connectivity index (χ3n) is 2.86. The van der Waals surface area contributed by atoms with Crippen LogP contribution in [0.15, 0.2) is 24.5 Å².